The van der Waals surface area contributed by atoms with E-state index < -0.39 is 17.6 Å². The number of pyridine rings is 1. The molecule has 0 saturated heterocycles. The van der Waals surface area contributed by atoms with Crippen LogP contribution in [0, 0.1) is 5.95 Å². The first kappa shape index (κ1) is 14.8. The summed E-state index contributed by atoms with van der Waals surface area (Å²) in [5.41, 5.74) is 0.903. The first-order valence-corrected chi connectivity index (χ1v) is 5.40. The molecule has 0 aromatic carbocycles. The zero-order valence-corrected chi connectivity index (χ0v) is 10.8. The van der Waals surface area contributed by atoms with Crippen LogP contribution in [0.3, 0.4) is 0 Å². The first-order valence-electron chi connectivity index (χ1n) is 5.40. The summed E-state index contributed by atoms with van der Waals surface area (Å²) in [5, 5.41) is 13.8. The van der Waals surface area contributed by atoms with E-state index in [1.54, 1.807) is 20.8 Å². The van der Waals surface area contributed by atoms with Gasteiger partial charge in [0.15, 0.2) is 0 Å². The van der Waals surface area contributed by atoms with Crippen molar-refractivity contribution in [3.63, 3.8) is 0 Å². The van der Waals surface area contributed by atoms with Crippen molar-refractivity contribution in [2.24, 2.45) is 5.10 Å². The number of hydrogen-bond donors (Lipinski definition) is 3. The number of carbonyl (C=O) groups is 1. The van der Waals surface area contributed by atoms with Gasteiger partial charge in [0.25, 0.3) is 0 Å². The maximum absolute atomic E-state index is 13.5. The lowest BCUT2D eigenvalue weighted by molar-refractivity contribution is 0.0635. The van der Waals surface area contributed by atoms with Crippen molar-refractivity contribution in [2.75, 3.05) is 5.32 Å². The number of ether oxygens (including phenoxy) is 1. The molecule has 0 spiro atoms. The Morgan fingerprint density at radius 3 is 2.74 bits per heavy atom. The average Bonchev–Trinajstić information content (AvgIpc) is 2.25. The topological polar surface area (TPSA) is 95.8 Å². The third kappa shape index (κ3) is 5.30. The van der Waals surface area contributed by atoms with E-state index in [4.69, 9.17) is 9.94 Å². The molecule has 1 aromatic heterocycles. The van der Waals surface area contributed by atoms with Crippen molar-refractivity contribution >= 4 is 18.1 Å². The fourth-order valence-corrected chi connectivity index (χ4v) is 1.12. The minimum absolute atomic E-state index is 0.0147. The van der Waals surface area contributed by atoms with E-state index in [0.29, 0.717) is 0 Å². The number of nitrogens with one attached hydrogen (secondary N) is 2. The van der Waals surface area contributed by atoms with Crippen LogP contribution in [-0.4, -0.2) is 28.1 Å². The van der Waals surface area contributed by atoms with Crippen LogP contribution < -0.4 is 10.9 Å². The molecule has 1 rings (SSSR count). The molecule has 19 heavy (non-hydrogen) atoms. The molecule has 0 aliphatic carbocycles. The largest absolute Gasteiger partial charge is 0.444 e. The van der Waals surface area contributed by atoms with Gasteiger partial charge in [-0.1, -0.05) is 0 Å². The highest BCUT2D eigenvalue weighted by molar-refractivity contribution is 5.84. The summed E-state index contributed by atoms with van der Waals surface area (Å²) < 4.78 is 18.5. The van der Waals surface area contributed by atoms with Crippen LogP contribution in [0.25, 0.3) is 0 Å². The Morgan fingerprint density at radius 2 is 2.21 bits per heavy atom. The van der Waals surface area contributed by atoms with Gasteiger partial charge in [0, 0.05) is 5.56 Å². The second kappa shape index (κ2) is 6.10. The van der Waals surface area contributed by atoms with Gasteiger partial charge in [0.2, 0.25) is 5.95 Å². The monoisotopic (exact) mass is 270 g/mol. The zero-order chi connectivity index (χ0) is 14.5. The van der Waals surface area contributed by atoms with Crippen molar-refractivity contribution in [1.29, 1.82) is 0 Å². The SMILES string of the molecule is CC(C)(C)OC(=O)Nc1ccc(C=NNO)c(F)n1. The quantitative estimate of drug-likeness (QED) is 0.443. The maximum atomic E-state index is 13.5. The van der Waals surface area contributed by atoms with Gasteiger partial charge in [-0.3, -0.25) is 10.5 Å². The molecular weight excluding hydrogens is 255 g/mol. The normalized spacial score (nSPS) is 11.4. The molecule has 0 saturated carbocycles. The molecule has 1 heterocycles. The molecular formula is C11H15FN4O3. The van der Waals surface area contributed by atoms with Crippen LogP contribution in [0.4, 0.5) is 15.0 Å². The second-order valence-corrected chi connectivity index (χ2v) is 4.56. The van der Waals surface area contributed by atoms with E-state index in [-0.39, 0.29) is 11.4 Å². The minimum atomic E-state index is -0.840. The molecule has 104 valence electrons. The van der Waals surface area contributed by atoms with Crippen LogP contribution in [-0.2, 0) is 4.74 Å². The summed E-state index contributed by atoms with van der Waals surface area (Å²) in [4.78, 5) is 14.9. The van der Waals surface area contributed by atoms with E-state index in [0.717, 1.165) is 6.21 Å². The van der Waals surface area contributed by atoms with Crippen molar-refractivity contribution in [3.8, 4) is 0 Å². The molecule has 0 aliphatic heterocycles. The molecule has 0 radical (unpaired) electrons. The third-order valence-corrected chi connectivity index (χ3v) is 1.77. The van der Waals surface area contributed by atoms with Crippen molar-refractivity contribution in [1.82, 2.24) is 10.6 Å². The lowest BCUT2D eigenvalue weighted by Gasteiger charge is -2.19. The number of hydrazone groups is 1. The minimum Gasteiger partial charge on any atom is -0.444 e. The van der Waals surface area contributed by atoms with Crippen molar-refractivity contribution in [2.45, 2.75) is 26.4 Å². The highest BCUT2D eigenvalue weighted by Gasteiger charge is 2.16. The van der Waals surface area contributed by atoms with E-state index in [9.17, 15) is 9.18 Å². The Balaban J connectivity index is 2.73. The predicted molar refractivity (Wildman–Crippen MR) is 66.6 cm³/mol. The molecule has 1 aromatic rings. The second-order valence-electron chi connectivity index (χ2n) is 4.56. The van der Waals surface area contributed by atoms with Gasteiger partial charge in [-0.2, -0.15) is 15.1 Å². The number of nitrogens with zero attached hydrogens (tertiary/aromatic N) is 2. The number of amides is 1. The van der Waals surface area contributed by atoms with E-state index in [1.807, 2.05) is 0 Å². The predicted octanol–water partition coefficient (Wildman–Crippen LogP) is 1.88. The lowest BCUT2D eigenvalue weighted by atomic mass is 10.2. The third-order valence-electron chi connectivity index (χ3n) is 1.77. The van der Waals surface area contributed by atoms with Gasteiger partial charge in [-0.15, -0.1) is 0 Å². The zero-order valence-electron chi connectivity index (χ0n) is 10.8. The summed E-state index contributed by atoms with van der Waals surface area (Å²) in [6, 6.07) is 2.72. The van der Waals surface area contributed by atoms with Crippen LogP contribution >= 0.6 is 0 Å². The van der Waals surface area contributed by atoms with Gasteiger partial charge >= 0.3 is 6.09 Å². The smallest absolute Gasteiger partial charge is 0.413 e. The molecule has 0 fully saturated rings. The number of carbonyl (C=O) groups excluding carboxylic acids is 1. The number of rotatable bonds is 3. The summed E-state index contributed by atoms with van der Waals surface area (Å²) in [6.07, 6.45) is 0.317. The maximum Gasteiger partial charge on any atom is 0.413 e. The summed E-state index contributed by atoms with van der Waals surface area (Å²) in [5.74, 6) is -0.826. The van der Waals surface area contributed by atoms with Gasteiger partial charge in [0.1, 0.15) is 11.4 Å². The lowest BCUT2D eigenvalue weighted by Crippen LogP contribution is -2.27. The molecule has 8 heteroatoms. The number of hydrogen-bond acceptors (Lipinski definition) is 6. The van der Waals surface area contributed by atoms with Gasteiger partial charge in [-0.05, 0) is 32.9 Å². The Labute approximate surface area is 109 Å². The molecule has 0 aliphatic rings. The van der Waals surface area contributed by atoms with Gasteiger partial charge < -0.3 is 4.74 Å². The summed E-state index contributed by atoms with van der Waals surface area (Å²) >= 11 is 0. The van der Waals surface area contributed by atoms with E-state index >= 15 is 0 Å². The van der Waals surface area contributed by atoms with Gasteiger partial charge in [-0.25, -0.2) is 9.78 Å². The fourth-order valence-electron chi connectivity index (χ4n) is 1.12. The average molecular weight is 270 g/mol. The number of aromatic nitrogens is 1. The molecule has 3 N–H and O–H groups in total. The highest BCUT2D eigenvalue weighted by Crippen LogP contribution is 2.11. The van der Waals surface area contributed by atoms with Crippen LogP contribution in [0.5, 0.6) is 0 Å². The van der Waals surface area contributed by atoms with Crippen molar-refractivity contribution < 1.29 is 19.1 Å². The molecule has 0 atom stereocenters. The molecule has 0 unspecified atom stereocenters. The molecule has 1 amide bonds. The number of anilines is 1. The van der Waals surface area contributed by atoms with Crippen molar-refractivity contribution in [3.05, 3.63) is 23.6 Å². The molecule has 7 nitrogen and oxygen atoms in total. The molecule has 0 bridgehead atoms. The number of halogens is 1. The fraction of sp³-hybridized carbons (Fsp3) is 0.364. The first-order chi connectivity index (χ1) is 8.81. The van der Waals surface area contributed by atoms with E-state index in [1.165, 1.54) is 17.7 Å². The highest BCUT2D eigenvalue weighted by atomic mass is 19.1. The Hall–Kier alpha value is -2.22. The Bertz CT molecular complexity index is 485. The van der Waals surface area contributed by atoms with E-state index in [2.05, 4.69) is 15.4 Å². The Kier molecular flexibility index (Phi) is 4.76. The Morgan fingerprint density at radius 1 is 1.53 bits per heavy atom. The van der Waals surface area contributed by atoms with Crippen LogP contribution in [0.2, 0.25) is 0 Å². The summed E-state index contributed by atoms with van der Waals surface area (Å²) in [6.45, 7) is 5.13. The standard InChI is InChI=1S/C11H15FN4O3/c1-11(2,3)19-10(17)15-8-5-4-7(6-13-16-18)9(12)14-8/h4-6,16,18H,1-3H3,(H,14,15,17). The van der Waals surface area contributed by atoms with Gasteiger partial charge in [0.05, 0.1) is 6.21 Å². The van der Waals surface area contributed by atoms with Crippen LogP contribution in [0.1, 0.15) is 26.3 Å². The summed E-state index contributed by atoms with van der Waals surface area (Å²) in [7, 11) is 0. The van der Waals surface area contributed by atoms with Crippen LogP contribution in [0.15, 0.2) is 17.2 Å².